The number of aryl methyl sites for hydroxylation is 1. The SMILES string of the molecule is Cc1cccc(S(=O)(=O)NC2(C(=O)O)CCOC2)c1C#N. The Labute approximate surface area is 122 Å². The maximum atomic E-state index is 12.4. The summed E-state index contributed by atoms with van der Waals surface area (Å²) in [5.41, 5.74) is -1.17. The summed E-state index contributed by atoms with van der Waals surface area (Å²) in [6.07, 6.45) is 0.0370. The fourth-order valence-corrected chi connectivity index (χ4v) is 3.78. The van der Waals surface area contributed by atoms with Gasteiger partial charge in [0.15, 0.2) is 5.54 Å². The molecule has 1 saturated heterocycles. The van der Waals surface area contributed by atoms with Crippen LogP contribution in [-0.4, -0.2) is 38.2 Å². The molecule has 1 aliphatic rings. The molecule has 0 spiro atoms. The molecular formula is C13H14N2O5S. The lowest BCUT2D eigenvalue weighted by Gasteiger charge is -2.23. The van der Waals surface area contributed by atoms with Crippen LogP contribution in [-0.2, 0) is 19.6 Å². The third-order valence-corrected chi connectivity index (χ3v) is 4.98. The second-order valence-electron chi connectivity index (χ2n) is 4.86. The first kappa shape index (κ1) is 15.4. The lowest BCUT2D eigenvalue weighted by molar-refractivity contribution is -0.144. The Hall–Kier alpha value is -1.95. The average Bonchev–Trinajstić information content (AvgIpc) is 2.87. The monoisotopic (exact) mass is 310 g/mol. The number of carboxylic acids is 1. The number of carboxylic acid groups (broad SMARTS) is 1. The molecule has 1 fully saturated rings. The van der Waals surface area contributed by atoms with Gasteiger partial charge in [-0.3, -0.25) is 4.79 Å². The highest BCUT2D eigenvalue weighted by atomic mass is 32.2. The van der Waals surface area contributed by atoms with Crippen LogP contribution in [0.3, 0.4) is 0 Å². The van der Waals surface area contributed by atoms with Gasteiger partial charge in [-0.2, -0.15) is 9.98 Å². The summed E-state index contributed by atoms with van der Waals surface area (Å²) in [7, 11) is -4.15. The maximum absolute atomic E-state index is 12.4. The third kappa shape index (κ3) is 2.76. The molecule has 1 heterocycles. The molecule has 7 nitrogen and oxygen atoms in total. The number of hydrogen-bond acceptors (Lipinski definition) is 5. The molecule has 21 heavy (non-hydrogen) atoms. The Balaban J connectivity index is 2.47. The molecule has 0 aliphatic carbocycles. The van der Waals surface area contributed by atoms with Gasteiger partial charge in [0.1, 0.15) is 11.0 Å². The predicted octanol–water partition coefficient (Wildman–Crippen LogP) is 0.389. The molecule has 0 amide bonds. The summed E-state index contributed by atoms with van der Waals surface area (Å²) in [4.78, 5) is 11.2. The molecule has 1 unspecified atom stereocenters. The molecule has 112 valence electrons. The molecule has 1 aliphatic heterocycles. The van der Waals surface area contributed by atoms with E-state index in [1.165, 1.54) is 12.1 Å². The van der Waals surface area contributed by atoms with E-state index in [1.807, 2.05) is 6.07 Å². The molecule has 1 aromatic carbocycles. The van der Waals surface area contributed by atoms with Gasteiger partial charge in [0, 0.05) is 13.0 Å². The van der Waals surface area contributed by atoms with Gasteiger partial charge < -0.3 is 9.84 Å². The minimum absolute atomic E-state index is 0.00412. The molecule has 0 aromatic heterocycles. The van der Waals surface area contributed by atoms with Gasteiger partial charge in [-0.25, -0.2) is 8.42 Å². The van der Waals surface area contributed by atoms with Crippen LogP contribution >= 0.6 is 0 Å². The zero-order chi connectivity index (χ0) is 15.7. The highest BCUT2D eigenvalue weighted by Gasteiger charge is 2.46. The molecule has 2 N–H and O–H groups in total. The van der Waals surface area contributed by atoms with Crippen molar-refractivity contribution in [3.63, 3.8) is 0 Å². The fourth-order valence-electron chi connectivity index (χ4n) is 2.18. The molecule has 1 aromatic rings. The topological polar surface area (TPSA) is 116 Å². The number of benzene rings is 1. The van der Waals surface area contributed by atoms with Crippen LogP contribution in [0, 0.1) is 18.3 Å². The van der Waals surface area contributed by atoms with Crippen LogP contribution in [0.15, 0.2) is 23.1 Å². The van der Waals surface area contributed by atoms with Gasteiger partial charge in [0.25, 0.3) is 0 Å². The summed E-state index contributed by atoms with van der Waals surface area (Å²) in [5.74, 6) is -1.30. The van der Waals surface area contributed by atoms with E-state index in [1.54, 1.807) is 13.0 Å². The van der Waals surface area contributed by atoms with Gasteiger partial charge in [-0.15, -0.1) is 0 Å². The highest BCUT2D eigenvalue weighted by Crippen LogP contribution is 2.25. The molecule has 8 heteroatoms. The van der Waals surface area contributed by atoms with Gasteiger partial charge in [-0.1, -0.05) is 12.1 Å². The van der Waals surface area contributed by atoms with Gasteiger partial charge in [0.05, 0.1) is 12.2 Å². The van der Waals surface area contributed by atoms with E-state index in [-0.39, 0.29) is 30.1 Å². The van der Waals surface area contributed by atoms with E-state index in [4.69, 9.17) is 10.00 Å². The van der Waals surface area contributed by atoms with Crippen LogP contribution in [0.2, 0.25) is 0 Å². The standard InChI is InChI=1S/C13H14N2O5S/c1-9-3-2-4-11(10(9)7-14)21(18,19)15-13(12(16)17)5-6-20-8-13/h2-4,15H,5-6,8H2,1H3,(H,16,17). The Morgan fingerprint density at radius 1 is 1.52 bits per heavy atom. The van der Waals surface area contributed by atoms with E-state index < -0.39 is 21.5 Å². The van der Waals surface area contributed by atoms with E-state index in [9.17, 15) is 18.3 Å². The van der Waals surface area contributed by atoms with Crippen molar-refractivity contribution in [2.45, 2.75) is 23.8 Å². The number of aliphatic carboxylic acids is 1. The van der Waals surface area contributed by atoms with E-state index in [0.29, 0.717) is 5.56 Å². The number of nitrogens with one attached hydrogen (secondary N) is 1. The van der Waals surface area contributed by atoms with Gasteiger partial charge in [-0.05, 0) is 18.6 Å². The zero-order valence-corrected chi connectivity index (χ0v) is 12.1. The molecule has 0 radical (unpaired) electrons. The van der Waals surface area contributed by atoms with E-state index in [2.05, 4.69) is 4.72 Å². The van der Waals surface area contributed by atoms with Crippen LogP contribution in [0.25, 0.3) is 0 Å². The number of nitriles is 1. The fraction of sp³-hybridized carbons (Fsp3) is 0.385. The van der Waals surface area contributed by atoms with Crippen LogP contribution in [0.5, 0.6) is 0 Å². The molecule has 0 saturated carbocycles. The lowest BCUT2D eigenvalue weighted by atomic mass is 10.0. The Morgan fingerprint density at radius 2 is 2.24 bits per heavy atom. The molecule has 1 atom stereocenters. The predicted molar refractivity (Wildman–Crippen MR) is 72.0 cm³/mol. The van der Waals surface area contributed by atoms with Crippen molar-refractivity contribution >= 4 is 16.0 Å². The highest BCUT2D eigenvalue weighted by molar-refractivity contribution is 7.89. The van der Waals surface area contributed by atoms with E-state index in [0.717, 1.165) is 0 Å². The maximum Gasteiger partial charge on any atom is 0.327 e. The lowest BCUT2D eigenvalue weighted by Crippen LogP contribution is -2.55. The smallest absolute Gasteiger partial charge is 0.327 e. The second-order valence-corrected chi connectivity index (χ2v) is 6.51. The number of carbonyl (C=O) groups is 1. The van der Waals surface area contributed by atoms with Crippen molar-refractivity contribution in [3.05, 3.63) is 29.3 Å². The van der Waals surface area contributed by atoms with Crippen LogP contribution in [0.1, 0.15) is 17.5 Å². The van der Waals surface area contributed by atoms with Crippen molar-refractivity contribution in [2.75, 3.05) is 13.2 Å². The average molecular weight is 310 g/mol. The minimum atomic E-state index is -4.15. The third-order valence-electron chi connectivity index (χ3n) is 3.40. The molecule has 0 bridgehead atoms. The number of ether oxygens (including phenoxy) is 1. The quantitative estimate of drug-likeness (QED) is 0.831. The van der Waals surface area contributed by atoms with Crippen LogP contribution < -0.4 is 4.72 Å². The normalized spacial score (nSPS) is 21.9. The number of hydrogen-bond donors (Lipinski definition) is 2. The summed E-state index contributed by atoms with van der Waals surface area (Å²) in [6.45, 7) is 1.53. The largest absolute Gasteiger partial charge is 0.480 e. The summed E-state index contributed by atoms with van der Waals surface area (Å²) in [6, 6.07) is 6.23. The van der Waals surface area contributed by atoms with Crippen molar-refractivity contribution in [1.82, 2.24) is 4.72 Å². The van der Waals surface area contributed by atoms with Gasteiger partial charge in [0.2, 0.25) is 10.0 Å². The Kier molecular flexibility index (Phi) is 4.00. The zero-order valence-electron chi connectivity index (χ0n) is 11.3. The summed E-state index contributed by atoms with van der Waals surface area (Å²) >= 11 is 0. The van der Waals surface area contributed by atoms with Crippen molar-refractivity contribution in [3.8, 4) is 6.07 Å². The number of rotatable bonds is 4. The summed E-state index contributed by atoms with van der Waals surface area (Å²) < 4.78 is 32.1. The second kappa shape index (κ2) is 5.44. The van der Waals surface area contributed by atoms with Crippen molar-refractivity contribution < 1.29 is 23.1 Å². The van der Waals surface area contributed by atoms with E-state index >= 15 is 0 Å². The van der Waals surface area contributed by atoms with Crippen molar-refractivity contribution in [2.24, 2.45) is 0 Å². The first-order valence-corrected chi connectivity index (χ1v) is 7.65. The molecule has 2 rings (SSSR count). The van der Waals surface area contributed by atoms with Crippen molar-refractivity contribution in [1.29, 1.82) is 5.26 Å². The Bertz CT molecular complexity index is 715. The number of nitrogens with zero attached hydrogens (tertiary/aromatic N) is 1. The molecular weight excluding hydrogens is 296 g/mol. The summed E-state index contributed by atoms with van der Waals surface area (Å²) in [5, 5.41) is 18.4. The number of sulfonamides is 1. The minimum Gasteiger partial charge on any atom is -0.480 e. The first-order chi connectivity index (χ1) is 9.82. The first-order valence-electron chi connectivity index (χ1n) is 6.17. The van der Waals surface area contributed by atoms with Gasteiger partial charge >= 0.3 is 5.97 Å². The van der Waals surface area contributed by atoms with Crippen LogP contribution in [0.4, 0.5) is 0 Å². The Morgan fingerprint density at radius 3 is 2.76 bits per heavy atom.